The van der Waals surface area contributed by atoms with Crippen LogP contribution < -0.4 is 5.32 Å². The number of ketones is 1. The van der Waals surface area contributed by atoms with E-state index in [1.807, 2.05) is 49.4 Å². The van der Waals surface area contributed by atoms with Gasteiger partial charge in [0.05, 0.1) is 22.1 Å². The van der Waals surface area contributed by atoms with Crippen LogP contribution in [0.3, 0.4) is 0 Å². The van der Waals surface area contributed by atoms with E-state index in [1.54, 1.807) is 6.08 Å². The lowest BCUT2D eigenvalue weighted by Crippen LogP contribution is -1.98. The summed E-state index contributed by atoms with van der Waals surface area (Å²) >= 11 is 0. The van der Waals surface area contributed by atoms with Crippen molar-refractivity contribution in [3.05, 3.63) is 54.2 Å². The van der Waals surface area contributed by atoms with Crippen LogP contribution in [0.1, 0.15) is 13.8 Å². The molecule has 0 aliphatic carbocycles. The van der Waals surface area contributed by atoms with Crippen LogP contribution in [0.5, 0.6) is 0 Å². The van der Waals surface area contributed by atoms with Crippen molar-refractivity contribution in [2.24, 2.45) is 0 Å². The molecule has 1 aromatic heterocycles. The zero-order valence-electron chi connectivity index (χ0n) is 11.9. The number of nitrogens with zero attached hydrogens (tertiary/aromatic N) is 2. The number of nitrogens with one attached hydrogen (secondary N) is 1. The van der Waals surface area contributed by atoms with Gasteiger partial charge in [0.2, 0.25) is 0 Å². The average molecular weight is 277 g/mol. The van der Waals surface area contributed by atoms with Gasteiger partial charge in [-0.05, 0) is 50.3 Å². The van der Waals surface area contributed by atoms with Gasteiger partial charge in [-0.1, -0.05) is 12.1 Å². The molecule has 0 saturated carbocycles. The number of benzene rings is 2. The largest absolute Gasteiger partial charge is 0.359 e. The van der Waals surface area contributed by atoms with Gasteiger partial charge < -0.3 is 5.32 Å². The molecule has 104 valence electrons. The van der Waals surface area contributed by atoms with Gasteiger partial charge in [-0.15, -0.1) is 0 Å². The van der Waals surface area contributed by atoms with Gasteiger partial charge in [0.15, 0.2) is 5.78 Å². The summed E-state index contributed by atoms with van der Waals surface area (Å²) in [6.07, 6.45) is 1.57. The van der Waals surface area contributed by atoms with Gasteiger partial charge in [0, 0.05) is 11.4 Å². The number of rotatable bonds is 3. The van der Waals surface area contributed by atoms with Crippen molar-refractivity contribution >= 4 is 33.5 Å². The minimum atomic E-state index is 0.0200. The third kappa shape index (κ3) is 2.89. The number of fused-ring (bicyclic) bond motifs is 2. The number of aromatic nitrogens is 2. The highest BCUT2D eigenvalue weighted by Gasteiger charge is 2.03. The van der Waals surface area contributed by atoms with Gasteiger partial charge in [-0.25, -0.2) is 9.97 Å². The molecule has 3 aromatic rings. The molecule has 21 heavy (non-hydrogen) atoms. The Morgan fingerprint density at radius 3 is 2.24 bits per heavy atom. The summed E-state index contributed by atoms with van der Waals surface area (Å²) in [6, 6.07) is 13.6. The number of hydrogen-bond acceptors (Lipinski definition) is 4. The van der Waals surface area contributed by atoms with Crippen molar-refractivity contribution in [2.75, 3.05) is 5.32 Å². The third-order valence-corrected chi connectivity index (χ3v) is 3.10. The molecule has 0 aliphatic heterocycles. The molecule has 4 heteroatoms. The van der Waals surface area contributed by atoms with Crippen LogP contribution in [0.2, 0.25) is 0 Å². The Kier molecular flexibility index (Phi) is 3.36. The summed E-state index contributed by atoms with van der Waals surface area (Å²) in [5.41, 5.74) is 5.14. The molecule has 0 bridgehead atoms. The highest BCUT2D eigenvalue weighted by Crippen LogP contribution is 2.20. The molecule has 0 saturated heterocycles. The average Bonchev–Trinajstić information content (AvgIpc) is 2.44. The lowest BCUT2D eigenvalue weighted by Gasteiger charge is -2.07. The summed E-state index contributed by atoms with van der Waals surface area (Å²) in [5, 5.41) is 3.19. The molecule has 1 N–H and O–H groups in total. The molecule has 0 fully saturated rings. The summed E-state index contributed by atoms with van der Waals surface area (Å²) in [6.45, 7) is 3.39. The van der Waals surface area contributed by atoms with Gasteiger partial charge in [-0.3, -0.25) is 4.79 Å². The predicted octanol–water partition coefficient (Wildman–Crippen LogP) is 3.69. The maximum absolute atomic E-state index is 11.1. The van der Waals surface area contributed by atoms with Gasteiger partial charge >= 0.3 is 0 Å². The molecule has 0 radical (unpaired) electrons. The molecular formula is C17H15N3O. The van der Waals surface area contributed by atoms with Crippen molar-refractivity contribution in [1.82, 2.24) is 9.97 Å². The molecular weight excluding hydrogens is 262 g/mol. The van der Waals surface area contributed by atoms with Crippen LogP contribution in [0.25, 0.3) is 22.1 Å². The second-order valence-corrected chi connectivity index (χ2v) is 4.98. The molecule has 0 aliphatic rings. The number of para-hydroxylation sites is 2. The first-order chi connectivity index (χ1) is 10.1. The summed E-state index contributed by atoms with van der Waals surface area (Å²) in [5.74, 6) is 0.0200. The Bertz CT molecular complexity index is 868. The zero-order valence-corrected chi connectivity index (χ0v) is 11.9. The van der Waals surface area contributed by atoms with Crippen molar-refractivity contribution < 1.29 is 4.79 Å². The van der Waals surface area contributed by atoms with E-state index >= 15 is 0 Å². The van der Waals surface area contributed by atoms with Gasteiger partial charge in [-0.2, -0.15) is 0 Å². The molecule has 0 unspecified atom stereocenters. The molecule has 3 rings (SSSR count). The number of anilines is 1. The van der Waals surface area contributed by atoms with Crippen molar-refractivity contribution in [3.63, 3.8) is 0 Å². The van der Waals surface area contributed by atoms with Gasteiger partial charge in [0.1, 0.15) is 0 Å². The van der Waals surface area contributed by atoms with Crippen LogP contribution in [0.15, 0.2) is 54.2 Å². The number of carbonyl (C=O) groups is 1. The van der Waals surface area contributed by atoms with Crippen molar-refractivity contribution in [1.29, 1.82) is 0 Å². The Balaban J connectivity index is 2.03. The fourth-order valence-corrected chi connectivity index (χ4v) is 2.27. The van der Waals surface area contributed by atoms with Crippen LogP contribution in [-0.4, -0.2) is 15.8 Å². The molecule has 0 spiro atoms. The zero-order chi connectivity index (χ0) is 14.8. The predicted molar refractivity (Wildman–Crippen MR) is 85.1 cm³/mol. The smallest absolute Gasteiger partial charge is 0.154 e. The Hall–Kier alpha value is -2.75. The maximum Gasteiger partial charge on any atom is 0.154 e. The standard InChI is InChI=1S/C17H15N3O/c1-11(9-12(2)21)18-13-7-8-16-17(10-13)20-15-6-4-3-5-14(15)19-16/h3-10,18H,1-2H3/b11-9+. The van der Waals surface area contributed by atoms with Crippen LogP contribution >= 0.6 is 0 Å². The van der Waals surface area contributed by atoms with Crippen molar-refractivity contribution in [2.45, 2.75) is 13.8 Å². The first-order valence-electron chi connectivity index (χ1n) is 6.74. The fourth-order valence-electron chi connectivity index (χ4n) is 2.27. The van der Waals surface area contributed by atoms with E-state index in [-0.39, 0.29) is 5.78 Å². The second kappa shape index (κ2) is 5.32. The summed E-state index contributed by atoms with van der Waals surface area (Å²) in [4.78, 5) is 20.3. The highest BCUT2D eigenvalue weighted by molar-refractivity contribution is 5.89. The molecule has 1 heterocycles. The molecule has 4 nitrogen and oxygen atoms in total. The second-order valence-electron chi connectivity index (χ2n) is 4.98. The lowest BCUT2D eigenvalue weighted by atomic mass is 10.2. The molecule has 0 amide bonds. The lowest BCUT2D eigenvalue weighted by molar-refractivity contribution is -0.112. The minimum Gasteiger partial charge on any atom is -0.359 e. The van der Waals surface area contributed by atoms with E-state index < -0.39 is 0 Å². The van der Waals surface area contributed by atoms with Crippen molar-refractivity contribution in [3.8, 4) is 0 Å². The third-order valence-electron chi connectivity index (χ3n) is 3.10. The number of hydrogen-bond donors (Lipinski definition) is 1. The van der Waals surface area contributed by atoms with Crippen LogP contribution in [-0.2, 0) is 4.79 Å². The van der Waals surface area contributed by atoms with E-state index in [0.29, 0.717) is 0 Å². The molecule has 0 atom stereocenters. The van der Waals surface area contributed by atoms with E-state index in [9.17, 15) is 4.79 Å². The van der Waals surface area contributed by atoms with Crippen LogP contribution in [0.4, 0.5) is 5.69 Å². The fraction of sp³-hybridized carbons (Fsp3) is 0.118. The highest BCUT2D eigenvalue weighted by atomic mass is 16.1. The maximum atomic E-state index is 11.1. The first kappa shape index (κ1) is 13.2. The minimum absolute atomic E-state index is 0.0200. The summed E-state index contributed by atoms with van der Waals surface area (Å²) < 4.78 is 0. The normalized spacial score (nSPS) is 11.8. The van der Waals surface area contributed by atoms with E-state index in [1.165, 1.54) is 6.92 Å². The molecule has 2 aromatic carbocycles. The SMILES string of the molecule is CC(=O)/C=C(\C)Nc1ccc2nc3ccccc3nc2c1. The Morgan fingerprint density at radius 1 is 0.952 bits per heavy atom. The van der Waals surface area contributed by atoms with Crippen LogP contribution in [0, 0.1) is 0 Å². The monoisotopic (exact) mass is 277 g/mol. The topological polar surface area (TPSA) is 54.9 Å². The Labute approximate surface area is 122 Å². The summed E-state index contributed by atoms with van der Waals surface area (Å²) in [7, 11) is 0. The number of carbonyl (C=O) groups excluding carboxylic acids is 1. The first-order valence-corrected chi connectivity index (χ1v) is 6.74. The van der Waals surface area contributed by atoms with E-state index in [0.717, 1.165) is 33.5 Å². The van der Waals surface area contributed by atoms with Gasteiger partial charge in [0.25, 0.3) is 0 Å². The van der Waals surface area contributed by atoms with E-state index in [4.69, 9.17) is 0 Å². The Morgan fingerprint density at radius 2 is 1.57 bits per heavy atom. The number of allylic oxidation sites excluding steroid dienone is 2. The quantitative estimate of drug-likeness (QED) is 0.586. The van der Waals surface area contributed by atoms with E-state index in [2.05, 4.69) is 15.3 Å².